The summed E-state index contributed by atoms with van der Waals surface area (Å²) in [5.74, 6) is 0.659. The summed E-state index contributed by atoms with van der Waals surface area (Å²) in [6.07, 6.45) is 2.98. The van der Waals surface area contributed by atoms with E-state index in [9.17, 15) is 5.11 Å². The Balaban J connectivity index is 1.89. The van der Waals surface area contributed by atoms with Gasteiger partial charge in [-0.25, -0.2) is 0 Å². The largest absolute Gasteiger partial charge is 0.388 e. The number of aliphatic hydroxyl groups is 1. The first-order valence-corrected chi connectivity index (χ1v) is 6.22. The lowest BCUT2D eigenvalue weighted by Crippen LogP contribution is -2.36. The van der Waals surface area contributed by atoms with Crippen LogP contribution in [0.4, 0.5) is 0 Å². The lowest BCUT2D eigenvalue weighted by atomic mass is 9.87. The van der Waals surface area contributed by atoms with Crippen molar-refractivity contribution in [3.05, 3.63) is 35.9 Å². The van der Waals surface area contributed by atoms with Crippen LogP contribution in [-0.4, -0.2) is 17.7 Å². The van der Waals surface area contributed by atoms with E-state index in [1.165, 1.54) is 12.8 Å². The summed E-state index contributed by atoms with van der Waals surface area (Å²) in [5.41, 5.74) is 1.05. The average Bonchev–Trinajstić information content (AvgIpc) is 2.30. The lowest BCUT2D eigenvalue weighted by Gasteiger charge is -2.29. The molecular weight excluding hydrogens is 198 g/mol. The zero-order valence-electron chi connectivity index (χ0n) is 9.89. The van der Waals surface area contributed by atoms with Crippen LogP contribution in [0.3, 0.4) is 0 Å². The normalized spacial score (nSPS) is 27.6. The first-order chi connectivity index (χ1) is 7.75. The third-order valence-corrected chi connectivity index (χ3v) is 3.47. The summed E-state index contributed by atoms with van der Waals surface area (Å²) in [5, 5.41) is 13.6. The first-order valence-electron chi connectivity index (χ1n) is 6.22. The van der Waals surface area contributed by atoms with Crippen LogP contribution < -0.4 is 5.32 Å². The fourth-order valence-electron chi connectivity index (χ4n) is 2.58. The standard InChI is InChI=1S/C14H21NO/c1-11-9-12(7-8-15-11)10-14(16)13-5-3-2-4-6-13/h2-6,11-12,14-16H,7-10H2,1H3. The van der Waals surface area contributed by atoms with Gasteiger partial charge in [0.05, 0.1) is 6.10 Å². The highest BCUT2D eigenvalue weighted by molar-refractivity contribution is 5.17. The van der Waals surface area contributed by atoms with Gasteiger partial charge < -0.3 is 10.4 Å². The molecule has 2 nitrogen and oxygen atoms in total. The summed E-state index contributed by atoms with van der Waals surface area (Å²) in [4.78, 5) is 0. The number of rotatable bonds is 3. The summed E-state index contributed by atoms with van der Waals surface area (Å²) < 4.78 is 0. The van der Waals surface area contributed by atoms with Crippen LogP contribution in [0.25, 0.3) is 0 Å². The Bertz CT molecular complexity index is 312. The van der Waals surface area contributed by atoms with Gasteiger partial charge >= 0.3 is 0 Å². The predicted molar refractivity (Wildman–Crippen MR) is 66.2 cm³/mol. The molecule has 1 aliphatic heterocycles. The number of nitrogens with one attached hydrogen (secondary N) is 1. The molecular formula is C14H21NO. The molecule has 1 aliphatic rings. The Labute approximate surface area is 97.7 Å². The van der Waals surface area contributed by atoms with Crippen LogP contribution in [0.1, 0.15) is 37.9 Å². The Hall–Kier alpha value is -0.860. The van der Waals surface area contributed by atoms with E-state index in [-0.39, 0.29) is 6.10 Å². The molecule has 1 fully saturated rings. The van der Waals surface area contributed by atoms with Crippen molar-refractivity contribution in [2.45, 2.75) is 38.3 Å². The molecule has 2 N–H and O–H groups in total. The van der Waals surface area contributed by atoms with E-state index in [1.54, 1.807) is 0 Å². The molecule has 0 amide bonds. The first kappa shape index (κ1) is 11.6. The summed E-state index contributed by atoms with van der Waals surface area (Å²) >= 11 is 0. The molecule has 0 spiro atoms. The molecule has 1 aromatic rings. The number of benzene rings is 1. The highest BCUT2D eigenvalue weighted by atomic mass is 16.3. The lowest BCUT2D eigenvalue weighted by molar-refractivity contribution is 0.128. The molecule has 0 bridgehead atoms. The maximum absolute atomic E-state index is 10.1. The van der Waals surface area contributed by atoms with Gasteiger partial charge in [0.25, 0.3) is 0 Å². The molecule has 88 valence electrons. The van der Waals surface area contributed by atoms with Crippen molar-refractivity contribution >= 4 is 0 Å². The smallest absolute Gasteiger partial charge is 0.0792 e. The van der Waals surface area contributed by atoms with Gasteiger partial charge in [-0.1, -0.05) is 30.3 Å². The molecule has 0 aliphatic carbocycles. The number of aliphatic hydroxyl groups excluding tert-OH is 1. The van der Waals surface area contributed by atoms with Gasteiger partial charge in [-0.15, -0.1) is 0 Å². The highest BCUT2D eigenvalue weighted by Crippen LogP contribution is 2.27. The van der Waals surface area contributed by atoms with Crippen molar-refractivity contribution in [1.29, 1.82) is 0 Å². The van der Waals surface area contributed by atoms with Crippen molar-refractivity contribution in [3.8, 4) is 0 Å². The van der Waals surface area contributed by atoms with Crippen LogP contribution in [0.2, 0.25) is 0 Å². The molecule has 0 saturated carbocycles. The minimum atomic E-state index is -0.295. The topological polar surface area (TPSA) is 32.3 Å². The summed E-state index contributed by atoms with van der Waals surface area (Å²) in [6, 6.07) is 10.6. The second-order valence-electron chi connectivity index (χ2n) is 4.91. The van der Waals surface area contributed by atoms with Gasteiger partial charge in [0.15, 0.2) is 0 Å². The fraction of sp³-hybridized carbons (Fsp3) is 0.571. The Morgan fingerprint density at radius 1 is 1.38 bits per heavy atom. The van der Waals surface area contributed by atoms with E-state index in [0.29, 0.717) is 12.0 Å². The second kappa shape index (κ2) is 5.46. The van der Waals surface area contributed by atoms with Crippen LogP contribution in [0.5, 0.6) is 0 Å². The van der Waals surface area contributed by atoms with Crippen LogP contribution in [0, 0.1) is 5.92 Å². The third-order valence-electron chi connectivity index (χ3n) is 3.47. The second-order valence-corrected chi connectivity index (χ2v) is 4.91. The minimum Gasteiger partial charge on any atom is -0.388 e. The molecule has 2 heteroatoms. The zero-order chi connectivity index (χ0) is 11.4. The Kier molecular flexibility index (Phi) is 3.97. The minimum absolute atomic E-state index is 0.295. The van der Waals surface area contributed by atoms with E-state index < -0.39 is 0 Å². The number of piperidine rings is 1. The van der Waals surface area contributed by atoms with Gasteiger partial charge in [0.1, 0.15) is 0 Å². The van der Waals surface area contributed by atoms with E-state index in [4.69, 9.17) is 0 Å². The molecule has 3 atom stereocenters. The van der Waals surface area contributed by atoms with Crippen molar-refractivity contribution in [2.75, 3.05) is 6.54 Å². The van der Waals surface area contributed by atoms with Gasteiger partial charge in [0.2, 0.25) is 0 Å². The predicted octanol–water partition coefficient (Wildman–Crippen LogP) is 2.50. The van der Waals surface area contributed by atoms with Crippen molar-refractivity contribution in [1.82, 2.24) is 5.32 Å². The van der Waals surface area contributed by atoms with Crippen molar-refractivity contribution in [3.63, 3.8) is 0 Å². The molecule has 1 heterocycles. The van der Waals surface area contributed by atoms with E-state index >= 15 is 0 Å². The van der Waals surface area contributed by atoms with E-state index in [2.05, 4.69) is 12.2 Å². The zero-order valence-corrected chi connectivity index (χ0v) is 9.89. The monoisotopic (exact) mass is 219 g/mol. The van der Waals surface area contributed by atoms with Crippen molar-refractivity contribution in [2.24, 2.45) is 5.92 Å². The van der Waals surface area contributed by atoms with Gasteiger partial charge in [0, 0.05) is 6.04 Å². The SMILES string of the molecule is CC1CC(CC(O)c2ccccc2)CCN1. The molecule has 1 saturated heterocycles. The molecule has 1 aromatic carbocycles. The van der Waals surface area contributed by atoms with E-state index in [1.807, 2.05) is 30.3 Å². The number of hydrogen-bond acceptors (Lipinski definition) is 2. The van der Waals surface area contributed by atoms with Crippen LogP contribution in [-0.2, 0) is 0 Å². The van der Waals surface area contributed by atoms with Gasteiger partial charge in [-0.3, -0.25) is 0 Å². The quantitative estimate of drug-likeness (QED) is 0.818. The number of hydrogen-bond donors (Lipinski definition) is 2. The Morgan fingerprint density at radius 3 is 2.81 bits per heavy atom. The molecule has 16 heavy (non-hydrogen) atoms. The molecule has 0 radical (unpaired) electrons. The third kappa shape index (κ3) is 3.06. The maximum atomic E-state index is 10.1. The maximum Gasteiger partial charge on any atom is 0.0792 e. The van der Waals surface area contributed by atoms with Crippen LogP contribution in [0.15, 0.2) is 30.3 Å². The average molecular weight is 219 g/mol. The Morgan fingerprint density at radius 2 is 2.12 bits per heavy atom. The van der Waals surface area contributed by atoms with Crippen LogP contribution >= 0.6 is 0 Å². The summed E-state index contributed by atoms with van der Waals surface area (Å²) in [7, 11) is 0. The van der Waals surface area contributed by atoms with Crippen molar-refractivity contribution < 1.29 is 5.11 Å². The van der Waals surface area contributed by atoms with Gasteiger partial charge in [-0.2, -0.15) is 0 Å². The van der Waals surface area contributed by atoms with Gasteiger partial charge in [-0.05, 0) is 44.2 Å². The molecule has 0 aromatic heterocycles. The highest BCUT2D eigenvalue weighted by Gasteiger charge is 2.21. The fourth-order valence-corrected chi connectivity index (χ4v) is 2.58. The molecule has 2 rings (SSSR count). The summed E-state index contributed by atoms with van der Waals surface area (Å²) in [6.45, 7) is 3.31. The molecule has 3 unspecified atom stereocenters. The van der Waals surface area contributed by atoms with E-state index in [0.717, 1.165) is 18.5 Å².